The largest absolute Gasteiger partial charge is 0.448 e. The van der Waals surface area contributed by atoms with Gasteiger partial charge in [0.2, 0.25) is 17.3 Å². The van der Waals surface area contributed by atoms with Crippen LogP contribution in [0.2, 0.25) is 0 Å². The summed E-state index contributed by atoms with van der Waals surface area (Å²) in [5.41, 5.74) is 3.28. The van der Waals surface area contributed by atoms with Gasteiger partial charge < -0.3 is 8.94 Å². The van der Waals surface area contributed by atoms with Gasteiger partial charge >= 0.3 is 0 Å². The lowest BCUT2D eigenvalue weighted by molar-refractivity contribution is 0.369. The van der Waals surface area contributed by atoms with Crippen molar-refractivity contribution in [2.45, 2.75) is 32.7 Å². The maximum Gasteiger partial charge on any atom is 0.297 e. The summed E-state index contributed by atoms with van der Waals surface area (Å²) in [6.45, 7) is 6.61. The van der Waals surface area contributed by atoms with E-state index in [4.69, 9.17) is 8.94 Å². The van der Waals surface area contributed by atoms with Crippen LogP contribution in [0.25, 0.3) is 33.5 Å². The highest BCUT2D eigenvalue weighted by molar-refractivity contribution is 6.01. The number of furan rings is 1. The van der Waals surface area contributed by atoms with Crippen LogP contribution in [-0.2, 0) is 12.0 Å². The first-order chi connectivity index (χ1) is 14.4. The average molecular weight is 400 g/mol. The molecule has 0 N–H and O–H groups in total. The summed E-state index contributed by atoms with van der Waals surface area (Å²) in [6.07, 6.45) is 1.48. The standard InChI is InChI=1S/C23H20N4O3/c1-23(2,3)15-10-8-14(9-11-15)21-25-18(30-26-21)12-27-13-24-19-16-6-4-5-7-17(16)29-20(19)22(27)28/h4-11,13H,12H2,1-3H3. The van der Waals surface area contributed by atoms with Gasteiger partial charge in [-0.25, -0.2) is 4.98 Å². The van der Waals surface area contributed by atoms with Crippen LogP contribution in [0.4, 0.5) is 0 Å². The highest BCUT2D eigenvalue weighted by atomic mass is 16.5. The van der Waals surface area contributed by atoms with Crippen molar-refractivity contribution in [3.05, 3.63) is 76.7 Å². The summed E-state index contributed by atoms with van der Waals surface area (Å²) in [5, 5.41) is 4.87. The summed E-state index contributed by atoms with van der Waals surface area (Å²) in [6, 6.07) is 15.5. The van der Waals surface area contributed by atoms with Gasteiger partial charge in [0.15, 0.2) is 0 Å². The number of nitrogens with zero attached hydrogens (tertiary/aromatic N) is 4. The number of hydrogen-bond donors (Lipinski definition) is 0. The van der Waals surface area contributed by atoms with Crippen LogP contribution >= 0.6 is 0 Å². The molecule has 0 atom stereocenters. The molecule has 0 saturated carbocycles. The third kappa shape index (κ3) is 3.08. The molecule has 0 fully saturated rings. The van der Waals surface area contributed by atoms with Crippen molar-refractivity contribution < 1.29 is 8.94 Å². The minimum Gasteiger partial charge on any atom is -0.448 e. The summed E-state index contributed by atoms with van der Waals surface area (Å²) in [7, 11) is 0. The topological polar surface area (TPSA) is 87.0 Å². The van der Waals surface area contributed by atoms with Gasteiger partial charge in [-0.1, -0.05) is 62.3 Å². The molecule has 7 nitrogen and oxygen atoms in total. The Kier molecular flexibility index (Phi) is 4.06. The van der Waals surface area contributed by atoms with Crippen molar-refractivity contribution in [2.75, 3.05) is 0 Å². The van der Waals surface area contributed by atoms with Crippen molar-refractivity contribution in [3.8, 4) is 11.4 Å². The number of aromatic nitrogens is 4. The molecule has 5 aromatic rings. The minimum atomic E-state index is -0.287. The van der Waals surface area contributed by atoms with Crippen LogP contribution in [0, 0.1) is 0 Å². The highest BCUT2D eigenvalue weighted by Gasteiger charge is 2.17. The van der Waals surface area contributed by atoms with E-state index in [2.05, 4.69) is 48.0 Å². The van der Waals surface area contributed by atoms with Crippen molar-refractivity contribution in [1.82, 2.24) is 19.7 Å². The van der Waals surface area contributed by atoms with Crippen molar-refractivity contribution in [3.63, 3.8) is 0 Å². The molecule has 3 aromatic heterocycles. The monoisotopic (exact) mass is 400 g/mol. The lowest BCUT2D eigenvalue weighted by Gasteiger charge is -2.18. The second kappa shape index (κ2) is 6.66. The lowest BCUT2D eigenvalue weighted by atomic mass is 9.87. The Morgan fingerprint density at radius 1 is 1.03 bits per heavy atom. The van der Waals surface area contributed by atoms with Gasteiger partial charge in [-0.3, -0.25) is 9.36 Å². The predicted octanol–water partition coefficient (Wildman–Crippen LogP) is 4.54. The molecule has 0 bridgehead atoms. The van der Waals surface area contributed by atoms with Gasteiger partial charge in [0.1, 0.15) is 17.6 Å². The van der Waals surface area contributed by atoms with Crippen molar-refractivity contribution in [1.29, 1.82) is 0 Å². The zero-order chi connectivity index (χ0) is 20.9. The van der Waals surface area contributed by atoms with Crippen LogP contribution < -0.4 is 5.56 Å². The maximum atomic E-state index is 12.9. The van der Waals surface area contributed by atoms with E-state index in [1.807, 2.05) is 36.4 Å². The molecular formula is C23H20N4O3. The SMILES string of the molecule is CC(C)(C)c1ccc(-c2noc(Cn3cnc4c(oc5ccccc54)c3=O)n2)cc1. The molecule has 0 aliphatic rings. The Morgan fingerprint density at radius 3 is 2.57 bits per heavy atom. The third-order valence-corrected chi connectivity index (χ3v) is 5.13. The molecule has 0 radical (unpaired) electrons. The van der Waals surface area contributed by atoms with Crippen molar-refractivity contribution >= 4 is 22.1 Å². The van der Waals surface area contributed by atoms with E-state index in [-0.39, 0.29) is 23.1 Å². The maximum absolute atomic E-state index is 12.9. The van der Waals surface area contributed by atoms with Gasteiger partial charge in [0.25, 0.3) is 5.56 Å². The molecule has 0 unspecified atom stereocenters. The molecular weight excluding hydrogens is 380 g/mol. The molecule has 5 rings (SSSR count). The molecule has 0 saturated heterocycles. The van der Waals surface area contributed by atoms with Crippen LogP contribution in [0.5, 0.6) is 0 Å². The number of rotatable bonds is 3. The number of hydrogen-bond acceptors (Lipinski definition) is 6. The second-order valence-corrected chi connectivity index (χ2v) is 8.29. The summed E-state index contributed by atoms with van der Waals surface area (Å²) < 4.78 is 12.5. The van der Waals surface area contributed by atoms with Gasteiger partial charge in [-0.2, -0.15) is 4.98 Å². The fourth-order valence-corrected chi connectivity index (χ4v) is 3.43. The van der Waals surface area contributed by atoms with E-state index in [0.29, 0.717) is 22.8 Å². The fraction of sp³-hybridized carbons (Fsp3) is 0.217. The van der Waals surface area contributed by atoms with Crippen LogP contribution in [0.1, 0.15) is 32.2 Å². The first-order valence-corrected chi connectivity index (χ1v) is 9.70. The molecule has 150 valence electrons. The van der Waals surface area contributed by atoms with Gasteiger partial charge in [-0.15, -0.1) is 0 Å². The normalized spacial score (nSPS) is 12.1. The second-order valence-electron chi connectivity index (χ2n) is 8.29. The Labute approximate surface area is 172 Å². The number of para-hydroxylation sites is 1. The molecule has 0 aliphatic heterocycles. The first kappa shape index (κ1) is 18.3. The van der Waals surface area contributed by atoms with Gasteiger partial charge in [0, 0.05) is 10.9 Å². The Bertz CT molecular complexity index is 1420. The van der Waals surface area contributed by atoms with Crippen LogP contribution in [-0.4, -0.2) is 19.7 Å². The molecule has 0 spiro atoms. The third-order valence-electron chi connectivity index (χ3n) is 5.13. The molecule has 3 heterocycles. The van der Waals surface area contributed by atoms with E-state index in [9.17, 15) is 4.79 Å². The van der Waals surface area contributed by atoms with Gasteiger partial charge in [-0.05, 0) is 23.1 Å². The first-order valence-electron chi connectivity index (χ1n) is 9.70. The lowest BCUT2D eigenvalue weighted by Crippen LogP contribution is -2.20. The van der Waals surface area contributed by atoms with E-state index < -0.39 is 0 Å². The van der Waals surface area contributed by atoms with Crippen LogP contribution in [0.3, 0.4) is 0 Å². The smallest absolute Gasteiger partial charge is 0.297 e. The van der Waals surface area contributed by atoms with E-state index in [0.717, 1.165) is 10.9 Å². The molecule has 0 aliphatic carbocycles. The quantitative estimate of drug-likeness (QED) is 0.442. The molecule has 7 heteroatoms. The summed E-state index contributed by atoms with van der Waals surface area (Å²) >= 11 is 0. The van der Waals surface area contributed by atoms with Crippen LogP contribution in [0.15, 0.2) is 68.6 Å². The zero-order valence-corrected chi connectivity index (χ0v) is 16.9. The molecule has 0 amide bonds. The number of benzene rings is 2. The van der Waals surface area contributed by atoms with Crippen molar-refractivity contribution in [2.24, 2.45) is 0 Å². The zero-order valence-electron chi connectivity index (χ0n) is 16.9. The van der Waals surface area contributed by atoms with E-state index >= 15 is 0 Å². The minimum absolute atomic E-state index is 0.0738. The fourth-order valence-electron chi connectivity index (χ4n) is 3.43. The Balaban J connectivity index is 1.45. The summed E-state index contributed by atoms with van der Waals surface area (Å²) in [4.78, 5) is 21.7. The predicted molar refractivity (Wildman–Crippen MR) is 113 cm³/mol. The average Bonchev–Trinajstić information content (AvgIpc) is 3.35. The van der Waals surface area contributed by atoms with E-state index in [1.165, 1.54) is 16.5 Å². The van der Waals surface area contributed by atoms with Gasteiger partial charge in [0.05, 0.1) is 6.33 Å². The van der Waals surface area contributed by atoms with E-state index in [1.54, 1.807) is 0 Å². The Morgan fingerprint density at radius 2 is 1.80 bits per heavy atom. The summed E-state index contributed by atoms with van der Waals surface area (Å²) in [5.74, 6) is 0.806. The Hall–Kier alpha value is -3.74. The number of fused-ring (bicyclic) bond motifs is 3. The molecule has 30 heavy (non-hydrogen) atoms. The molecule has 2 aromatic carbocycles. The highest BCUT2D eigenvalue weighted by Crippen LogP contribution is 2.26.